The molecule has 2 nitrogen and oxygen atoms in total. The number of unbranched alkanes of at least 4 members (excludes halogenated alkanes) is 2. The maximum absolute atomic E-state index is 11.9. The van der Waals surface area contributed by atoms with Gasteiger partial charge in [0.05, 0.1) is 6.10 Å². The lowest BCUT2D eigenvalue weighted by atomic mass is 9.90. The van der Waals surface area contributed by atoms with E-state index in [1.54, 1.807) is 6.08 Å². The zero-order valence-electron chi connectivity index (χ0n) is 14.2. The van der Waals surface area contributed by atoms with E-state index in [1.807, 2.05) is 6.08 Å². The van der Waals surface area contributed by atoms with Gasteiger partial charge in [-0.2, -0.15) is 0 Å². The predicted octanol–water partition coefficient (Wildman–Crippen LogP) is 4.99. The quantitative estimate of drug-likeness (QED) is 0.431. The van der Waals surface area contributed by atoms with Gasteiger partial charge in [0.15, 0.2) is 5.78 Å². The Morgan fingerprint density at radius 3 is 2.68 bits per heavy atom. The minimum Gasteiger partial charge on any atom is -0.393 e. The van der Waals surface area contributed by atoms with Crippen LogP contribution in [-0.2, 0) is 4.79 Å². The molecule has 0 aliphatic heterocycles. The van der Waals surface area contributed by atoms with Crippen LogP contribution < -0.4 is 0 Å². The summed E-state index contributed by atoms with van der Waals surface area (Å²) in [5.41, 5.74) is 0. The molecule has 1 rings (SSSR count). The van der Waals surface area contributed by atoms with E-state index in [9.17, 15) is 9.90 Å². The normalized spacial score (nSPS) is 23.1. The topological polar surface area (TPSA) is 37.3 Å². The lowest BCUT2D eigenvalue weighted by Gasteiger charge is -2.13. The minimum absolute atomic E-state index is 0.0784. The molecule has 0 saturated carbocycles. The van der Waals surface area contributed by atoms with Crippen LogP contribution in [0.1, 0.15) is 65.2 Å². The molecule has 0 aromatic heterocycles. The molecule has 22 heavy (non-hydrogen) atoms. The number of carbonyl (C=O) groups is 1. The van der Waals surface area contributed by atoms with Crippen molar-refractivity contribution in [2.45, 2.75) is 71.3 Å². The van der Waals surface area contributed by atoms with Gasteiger partial charge in [0.2, 0.25) is 0 Å². The fraction of sp³-hybridized carbons (Fsp3) is 0.650. The molecule has 0 spiro atoms. The summed E-state index contributed by atoms with van der Waals surface area (Å²) in [6, 6.07) is 0. The highest BCUT2D eigenvalue weighted by molar-refractivity contribution is 5.95. The van der Waals surface area contributed by atoms with E-state index in [0.29, 0.717) is 0 Å². The summed E-state index contributed by atoms with van der Waals surface area (Å²) in [6.45, 7) is 4.28. The van der Waals surface area contributed by atoms with Gasteiger partial charge in [-0.3, -0.25) is 4.79 Å². The maximum Gasteiger partial charge on any atom is 0.159 e. The molecule has 2 heteroatoms. The number of hydrogen-bond acceptors (Lipinski definition) is 2. The van der Waals surface area contributed by atoms with Crippen LogP contribution in [0.4, 0.5) is 0 Å². The molecule has 0 heterocycles. The van der Waals surface area contributed by atoms with Crippen LogP contribution in [0.5, 0.6) is 0 Å². The molecule has 1 unspecified atom stereocenters. The zero-order chi connectivity index (χ0) is 16.2. The SMILES string of the molecule is CCCC/C=C\C[C@H]1C(=O)C=C[C@@H]1C=CCCC(O)CCC. The summed E-state index contributed by atoms with van der Waals surface area (Å²) in [7, 11) is 0. The van der Waals surface area contributed by atoms with Crippen molar-refractivity contribution in [1.82, 2.24) is 0 Å². The van der Waals surface area contributed by atoms with Crippen molar-refractivity contribution in [3.05, 3.63) is 36.5 Å². The maximum atomic E-state index is 11.9. The molecular formula is C20H32O2. The van der Waals surface area contributed by atoms with Gasteiger partial charge in [-0.15, -0.1) is 0 Å². The summed E-state index contributed by atoms with van der Waals surface area (Å²) in [6.07, 6.45) is 20.2. The van der Waals surface area contributed by atoms with E-state index in [-0.39, 0.29) is 23.7 Å². The van der Waals surface area contributed by atoms with Gasteiger partial charge in [0, 0.05) is 11.8 Å². The van der Waals surface area contributed by atoms with E-state index in [0.717, 1.165) is 38.5 Å². The second-order valence-electron chi connectivity index (χ2n) is 6.24. The Labute approximate surface area is 136 Å². The van der Waals surface area contributed by atoms with Crippen LogP contribution in [0.15, 0.2) is 36.5 Å². The van der Waals surface area contributed by atoms with E-state index < -0.39 is 0 Å². The number of aliphatic hydroxyl groups excluding tert-OH is 1. The fourth-order valence-electron chi connectivity index (χ4n) is 2.83. The van der Waals surface area contributed by atoms with E-state index in [4.69, 9.17) is 0 Å². The van der Waals surface area contributed by atoms with Crippen LogP contribution in [0, 0.1) is 11.8 Å². The largest absolute Gasteiger partial charge is 0.393 e. The first-order valence-electron chi connectivity index (χ1n) is 8.90. The first kappa shape index (κ1) is 18.9. The predicted molar refractivity (Wildman–Crippen MR) is 93.7 cm³/mol. The summed E-state index contributed by atoms with van der Waals surface area (Å²) in [5, 5.41) is 9.71. The Hall–Kier alpha value is -1.15. The minimum atomic E-state index is -0.187. The summed E-state index contributed by atoms with van der Waals surface area (Å²) in [5.74, 6) is 0.558. The second kappa shape index (κ2) is 11.4. The van der Waals surface area contributed by atoms with E-state index in [2.05, 4.69) is 38.2 Å². The molecule has 0 radical (unpaired) electrons. The van der Waals surface area contributed by atoms with Crippen molar-refractivity contribution in [3.63, 3.8) is 0 Å². The fourth-order valence-corrected chi connectivity index (χ4v) is 2.83. The van der Waals surface area contributed by atoms with Crippen molar-refractivity contribution in [2.24, 2.45) is 11.8 Å². The van der Waals surface area contributed by atoms with Gasteiger partial charge in [-0.05, 0) is 38.2 Å². The zero-order valence-corrected chi connectivity index (χ0v) is 14.2. The van der Waals surface area contributed by atoms with Crippen LogP contribution >= 0.6 is 0 Å². The number of rotatable bonds is 11. The number of aliphatic hydroxyl groups is 1. The highest BCUT2D eigenvalue weighted by Crippen LogP contribution is 2.27. The molecule has 0 saturated heterocycles. The van der Waals surface area contributed by atoms with Crippen LogP contribution in [0.2, 0.25) is 0 Å². The van der Waals surface area contributed by atoms with Crippen LogP contribution in [0.25, 0.3) is 0 Å². The number of allylic oxidation sites excluding steroid dienone is 6. The number of hydrogen-bond donors (Lipinski definition) is 1. The lowest BCUT2D eigenvalue weighted by molar-refractivity contribution is -0.117. The van der Waals surface area contributed by atoms with Crippen LogP contribution in [0.3, 0.4) is 0 Å². The Bertz CT molecular complexity index is 393. The molecule has 0 amide bonds. The molecule has 0 fully saturated rings. The van der Waals surface area contributed by atoms with E-state index in [1.165, 1.54) is 12.8 Å². The molecule has 124 valence electrons. The van der Waals surface area contributed by atoms with Gasteiger partial charge in [-0.25, -0.2) is 0 Å². The smallest absolute Gasteiger partial charge is 0.159 e. The average molecular weight is 304 g/mol. The molecule has 1 N–H and O–H groups in total. The Morgan fingerprint density at radius 2 is 1.95 bits per heavy atom. The number of carbonyl (C=O) groups excluding carboxylic acids is 1. The van der Waals surface area contributed by atoms with E-state index >= 15 is 0 Å². The number of ketones is 1. The van der Waals surface area contributed by atoms with Crippen molar-refractivity contribution < 1.29 is 9.90 Å². The van der Waals surface area contributed by atoms with Crippen molar-refractivity contribution in [1.29, 1.82) is 0 Å². The Morgan fingerprint density at radius 1 is 1.14 bits per heavy atom. The molecule has 0 bridgehead atoms. The monoisotopic (exact) mass is 304 g/mol. The van der Waals surface area contributed by atoms with Crippen LogP contribution in [-0.4, -0.2) is 17.0 Å². The Balaban J connectivity index is 2.35. The highest BCUT2D eigenvalue weighted by Gasteiger charge is 2.26. The molecule has 1 aliphatic rings. The first-order valence-corrected chi connectivity index (χ1v) is 8.90. The standard InChI is InChI=1S/C20H32O2/c1-3-5-6-7-8-14-19-17(15-16-20(19)22)12-9-10-13-18(21)11-4-2/h7-9,12,15-19,21H,3-6,10-11,13-14H2,1-2H3/b8-7-,12-9?/t17-,18?,19+/m0/s1. The van der Waals surface area contributed by atoms with Gasteiger partial charge in [0.1, 0.15) is 0 Å². The summed E-state index contributed by atoms with van der Waals surface area (Å²) >= 11 is 0. The first-order chi connectivity index (χ1) is 10.7. The van der Waals surface area contributed by atoms with Gasteiger partial charge in [0.25, 0.3) is 0 Å². The third-order valence-corrected chi connectivity index (χ3v) is 4.24. The van der Waals surface area contributed by atoms with Gasteiger partial charge in [-0.1, -0.05) is 63.5 Å². The Kier molecular flexibility index (Phi) is 9.81. The van der Waals surface area contributed by atoms with Crippen molar-refractivity contribution in [3.8, 4) is 0 Å². The molecular weight excluding hydrogens is 272 g/mol. The second-order valence-corrected chi connectivity index (χ2v) is 6.24. The average Bonchev–Trinajstić information content (AvgIpc) is 2.84. The third kappa shape index (κ3) is 7.22. The molecule has 1 aliphatic carbocycles. The van der Waals surface area contributed by atoms with Gasteiger partial charge < -0.3 is 5.11 Å². The van der Waals surface area contributed by atoms with Crippen molar-refractivity contribution in [2.75, 3.05) is 0 Å². The lowest BCUT2D eigenvalue weighted by Crippen LogP contribution is -2.13. The van der Waals surface area contributed by atoms with Crippen molar-refractivity contribution >= 4 is 5.78 Å². The molecule has 0 aromatic carbocycles. The highest BCUT2D eigenvalue weighted by atomic mass is 16.3. The van der Waals surface area contributed by atoms with Gasteiger partial charge >= 0.3 is 0 Å². The molecule has 0 aromatic rings. The third-order valence-electron chi connectivity index (χ3n) is 4.24. The summed E-state index contributed by atoms with van der Waals surface area (Å²) < 4.78 is 0. The summed E-state index contributed by atoms with van der Waals surface area (Å²) in [4.78, 5) is 11.9. The molecule has 3 atom stereocenters.